The molecule has 0 aromatic carbocycles. The minimum absolute atomic E-state index is 0.000361. The zero-order valence-electron chi connectivity index (χ0n) is 14.3. The van der Waals surface area contributed by atoms with Gasteiger partial charge in [-0.1, -0.05) is 0 Å². The highest BCUT2D eigenvalue weighted by molar-refractivity contribution is 5.59. The van der Waals surface area contributed by atoms with Gasteiger partial charge in [-0.15, -0.1) is 0 Å². The van der Waals surface area contributed by atoms with Crippen LogP contribution in [0.25, 0.3) is 11.1 Å². The summed E-state index contributed by atoms with van der Waals surface area (Å²) in [5.74, 6) is -0.0586. The number of halogens is 1. The Kier molecular flexibility index (Phi) is 4.42. The van der Waals surface area contributed by atoms with Crippen LogP contribution in [-0.2, 0) is 7.05 Å². The van der Waals surface area contributed by atoms with Crippen LogP contribution in [0.5, 0.6) is 6.01 Å². The lowest BCUT2D eigenvalue weighted by molar-refractivity contribution is 0.156. The number of aromatic nitrogens is 6. The Balaban J connectivity index is 1.35. The van der Waals surface area contributed by atoms with E-state index in [4.69, 9.17) is 4.74 Å². The maximum Gasteiger partial charge on any atom is 0.316 e. The van der Waals surface area contributed by atoms with E-state index in [0.717, 1.165) is 24.0 Å². The second kappa shape index (κ2) is 7.03. The third-order valence-corrected chi connectivity index (χ3v) is 4.33. The number of nitrogens with zero attached hydrogens (tertiary/aromatic N) is 7. The first-order valence-electron chi connectivity index (χ1n) is 8.37. The largest absolute Gasteiger partial charge is 0.460 e. The molecule has 0 spiro atoms. The van der Waals surface area contributed by atoms with Crippen molar-refractivity contribution in [3.05, 3.63) is 43.1 Å². The van der Waals surface area contributed by atoms with Gasteiger partial charge in [0, 0.05) is 62.7 Å². The molecule has 3 aromatic rings. The van der Waals surface area contributed by atoms with Crippen LogP contribution in [0.2, 0.25) is 0 Å². The van der Waals surface area contributed by atoms with Gasteiger partial charge < -0.3 is 9.64 Å². The number of hydrogen-bond donors (Lipinski definition) is 0. The van der Waals surface area contributed by atoms with Crippen LogP contribution in [-0.4, -0.2) is 48.9 Å². The van der Waals surface area contributed by atoms with E-state index in [1.807, 2.05) is 18.1 Å². The van der Waals surface area contributed by atoms with Crippen molar-refractivity contribution in [1.82, 2.24) is 29.7 Å². The van der Waals surface area contributed by atoms with E-state index in [2.05, 4.69) is 25.0 Å². The maximum atomic E-state index is 13.8. The number of ether oxygens (including phenoxy) is 1. The van der Waals surface area contributed by atoms with E-state index in [1.54, 1.807) is 23.3 Å². The number of anilines is 1. The average molecular weight is 355 g/mol. The zero-order valence-corrected chi connectivity index (χ0v) is 14.3. The van der Waals surface area contributed by atoms with E-state index >= 15 is 0 Å². The molecule has 1 aliphatic heterocycles. The number of rotatable bonds is 4. The molecule has 134 valence electrons. The van der Waals surface area contributed by atoms with Crippen LogP contribution in [0.4, 0.5) is 10.2 Å². The summed E-state index contributed by atoms with van der Waals surface area (Å²) < 4.78 is 21.4. The molecule has 0 radical (unpaired) electrons. The van der Waals surface area contributed by atoms with Crippen molar-refractivity contribution >= 4 is 5.82 Å². The van der Waals surface area contributed by atoms with Gasteiger partial charge in [-0.3, -0.25) is 4.68 Å². The second-order valence-corrected chi connectivity index (χ2v) is 6.16. The minimum atomic E-state index is -0.402. The van der Waals surface area contributed by atoms with Crippen molar-refractivity contribution in [2.75, 3.05) is 18.0 Å². The highest BCUT2D eigenvalue weighted by Gasteiger charge is 2.24. The molecule has 9 heteroatoms. The standard InChI is InChI=1S/C17H18FN7O/c1-24-10-13(8-23-24)12-6-20-17(21-7-12)26-14-2-4-25(5-3-14)16-15(18)9-19-11-22-16/h6-11,14H,2-5H2,1H3. The third kappa shape index (κ3) is 3.46. The van der Waals surface area contributed by atoms with Crippen LogP contribution in [0.15, 0.2) is 37.3 Å². The van der Waals surface area contributed by atoms with Gasteiger partial charge in [0.2, 0.25) is 0 Å². The Morgan fingerprint density at radius 1 is 1.04 bits per heavy atom. The van der Waals surface area contributed by atoms with Gasteiger partial charge in [0.25, 0.3) is 0 Å². The summed E-state index contributed by atoms with van der Waals surface area (Å²) in [4.78, 5) is 18.2. The third-order valence-electron chi connectivity index (χ3n) is 4.33. The molecule has 0 N–H and O–H groups in total. The Labute approximate surface area is 149 Å². The lowest BCUT2D eigenvalue weighted by Crippen LogP contribution is -2.39. The summed E-state index contributed by atoms with van der Waals surface area (Å²) in [6.07, 6.45) is 11.2. The summed E-state index contributed by atoms with van der Waals surface area (Å²) in [7, 11) is 1.86. The van der Waals surface area contributed by atoms with E-state index in [9.17, 15) is 4.39 Å². The fraction of sp³-hybridized carbons (Fsp3) is 0.353. The topological polar surface area (TPSA) is 81.9 Å². The molecular weight excluding hydrogens is 337 g/mol. The predicted molar refractivity (Wildman–Crippen MR) is 92.1 cm³/mol. The van der Waals surface area contributed by atoms with Gasteiger partial charge in [0.15, 0.2) is 11.6 Å². The first-order valence-corrected chi connectivity index (χ1v) is 8.37. The normalized spacial score (nSPS) is 15.2. The van der Waals surface area contributed by atoms with E-state index in [-0.39, 0.29) is 6.10 Å². The zero-order chi connectivity index (χ0) is 17.9. The van der Waals surface area contributed by atoms with Gasteiger partial charge in [0.05, 0.1) is 12.4 Å². The molecule has 0 aliphatic carbocycles. The van der Waals surface area contributed by atoms with E-state index < -0.39 is 5.82 Å². The Bertz CT molecular complexity index is 875. The summed E-state index contributed by atoms with van der Waals surface area (Å²) in [5, 5.41) is 4.14. The maximum absolute atomic E-state index is 13.8. The molecular formula is C17H18FN7O. The van der Waals surface area contributed by atoms with E-state index in [0.29, 0.717) is 24.9 Å². The minimum Gasteiger partial charge on any atom is -0.460 e. The van der Waals surface area contributed by atoms with Crippen molar-refractivity contribution in [2.24, 2.45) is 7.05 Å². The highest BCUT2D eigenvalue weighted by Crippen LogP contribution is 2.23. The monoisotopic (exact) mass is 355 g/mol. The molecule has 0 atom stereocenters. The molecule has 4 heterocycles. The number of aryl methyl sites for hydroxylation is 1. The lowest BCUT2D eigenvalue weighted by atomic mass is 10.1. The summed E-state index contributed by atoms with van der Waals surface area (Å²) in [6.45, 7) is 1.32. The fourth-order valence-electron chi connectivity index (χ4n) is 2.97. The average Bonchev–Trinajstić information content (AvgIpc) is 3.10. The molecule has 1 aliphatic rings. The Morgan fingerprint density at radius 2 is 1.81 bits per heavy atom. The molecule has 4 rings (SSSR count). The summed E-state index contributed by atoms with van der Waals surface area (Å²) >= 11 is 0. The first-order chi connectivity index (χ1) is 12.7. The molecule has 0 amide bonds. The second-order valence-electron chi connectivity index (χ2n) is 6.16. The SMILES string of the molecule is Cn1cc(-c2cnc(OC3CCN(c4ncncc4F)CC3)nc2)cn1. The van der Waals surface area contributed by atoms with Crippen molar-refractivity contribution < 1.29 is 9.13 Å². The smallest absolute Gasteiger partial charge is 0.316 e. The fourth-order valence-corrected chi connectivity index (χ4v) is 2.97. The van der Waals surface area contributed by atoms with Crippen molar-refractivity contribution in [3.8, 4) is 17.1 Å². The van der Waals surface area contributed by atoms with Crippen LogP contribution in [0, 0.1) is 5.82 Å². The van der Waals surface area contributed by atoms with Crippen LogP contribution in [0.1, 0.15) is 12.8 Å². The summed E-state index contributed by atoms with van der Waals surface area (Å²) in [5.41, 5.74) is 1.85. The molecule has 0 unspecified atom stereocenters. The molecule has 1 fully saturated rings. The molecule has 26 heavy (non-hydrogen) atoms. The van der Waals surface area contributed by atoms with Crippen molar-refractivity contribution in [2.45, 2.75) is 18.9 Å². The highest BCUT2D eigenvalue weighted by atomic mass is 19.1. The van der Waals surface area contributed by atoms with Crippen LogP contribution < -0.4 is 9.64 Å². The van der Waals surface area contributed by atoms with Gasteiger partial charge in [-0.05, 0) is 0 Å². The number of hydrogen-bond acceptors (Lipinski definition) is 7. The molecule has 8 nitrogen and oxygen atoms in total. The summed E-state index contributed by atoms with van der Waals surface area (Å²) in [6, 6.07) is 0.351. The molecule has 3 aromatic heterocycles. The van der Waals surface area contributed by atoms with Crippen molar-refractivity contribution in [3.63, 3.8) is 0 Å². The van der Waals surface area contributed by atoms with Gasteiger partial charge >= 0.3 is 6.01 Å². The van der Waals surface area contributed by atoms with Crippen molar-refractivity contribution in [1.29, 1.82) is 0 Å². The van der Waals surface area contributed by atoms with E-state index in [1.165, 1.54) is 12.5 Å². The molecule has 0 bridgehead atoms. The van der Waals surface area contributed by atoms with Crippen LogP contribution in [0.3, 0.4) is 0 Å². The number of piperidine rings is 1. The van der Waals surface area contributed by atoms with Gasteiger partial charge in [-0.2, -0.15) is 5.10 Å². The first kappa shape index (κ1) is 16.4. The quantitative estimate of drug-likeness (QED) is 0.706. The predicted octanol–water partition coefficient (Wildman–Crippen LogP) is 1.85. The molecule has 0 saturated carbocycles. The lowest BCUT2D eigenvalue weighted by Gasteiger charge is -2.32. The van der Waals surface area contributed by atoms with Gasteiger partial charge in [-0.25, -0.2) is 24.3 Å². The Hall–Kier alpha value is -3.10. The van der Waals surface area contributed by atoms with Crippen LogP contribution >= 0.6 is 0 Å². The van der Waals surface area contributed by atoms with Gasteiger partial charge in [0.1, 0.15) is 12.4 Å². The molecule has 1 saturated heterocycles. The Morgan fingerprint density at radius 3 is 2.46 bits per heavy atom.